The number of amides is 1. The van der Waals surface area contributed by atoms with Gasteiger partial charge in [0.05, 0.1) is 17.6 Å². The number of rotatable bonds is 5. The molecule has 1 amide bonds. The topological polar surface area (TPSA) is 23.6 Å². The van der Waals surface area contributed by atoms with Gasteiger partial charge in [-0.05, 0) is 11.1 Å². The lowest BCUT2D eigenvalue weighted by molar-refractivity contribution is -0.186. The number of thiocarbonyl (C=S) groups is 1. The van der Waals surface area contributed by atoms with Crippen molar-refractivity contribution < 1.29 is 18.0 Å². The van der Waals surface area contributed by atoms with Gasteiger partial charge in [-0.3, -0.25) is 4.79 Å². The first-order valence-electron chi connectivity index (χ1n) is 7.89. The van der Waals surface area contributed by atoms with Crippen molar-refractivity contribution in [2.75, 3.05) is 20.6 Å². The van der Waals surface area contributed by atoms with Gasteiger partial charge in [-0.1, -0.05) is 72.9 Å². The van der Waals surface area contributed by atoms with Gasteiger partial charge in [-0.15, -0.1) is 0 Å². The van der Waals surface area contributed by atoms with E-state index in [1.54, 1.807) is 74.8 Å². The van der Waals surface area contributed by atoms with Crippen LogP contribution in [0.2, 0.25) is 0 Å². The number of halogens is 3. The summed E-state index contributed by atoms with van der Waals surface area (Å²) >= 11 is 5.18. The van der Waals surface area contributed by atoms with E-state index in [0.717, 1.165) is 4.90 Å². The molecule has 7 heteroatoms. The van der Waals surface area contributed by atoms with E-state index in [1.165, 1.54) is 4.90 Å². The Morgan fingerprint density at radius 3 is 1.73 bits per heavy atom. The number of carbonyl (C=O) groups excluding carboxylic acids is 1. The molecule has 0 N–H and O–H groups in total. The summed E-state index contributed by atoms with van der Waals surface area (Å²) in [5.41, 5.74) is 1.16. The van der Waals surface area contributed by atoms with Crippen LogP contribution in [0, 0.1) is 0 Å². The van der Waals surface area contributed by atoms with E-state index in [0.29, 0.717) is 11.1 Å². The minimum Gasteiger partial charge on any atom is -0.371 e. The average molecular weight is 380 g/mol. The van der Waals surface area contributed by atoms with Crippen LogP contribution < -0.4 is 0 Å². The molecule has 0 spiro atoms. The molecule has 138 valence electrons. The summed E-state index contributed by atoms with van der Waals surface area (Å²) in [6, 6.07) is 16.4. The van der Waals surface area contributed by atoms with E-state index in [9.17, 15) is 18.0 Å². The summed E-state index contributed by atoms with van der Waals surface area (Å²) in [5, 5.41) is 0. The minimum absolute atomic E-state index is 0.236. The van der Waals surface area contributed by atoms with Crippen molar-refractivity contribution >= 4 is 23.1 Å². The highest BCUT2D eigenvalue weighted by molar-refractivity contribution is 7.80. The lowest BCUT2D eigenvalue weighted by Crippen LogP contribution is -2.47. The highest BCUT2D eigenvalue weighted by Crippen LogP contribution is 2.32. The molecule has 0 heterocycles. The summed E-state index contributed by atoms with van der Waals surface area (Å²) in [4.78, 5) is 14.8. The Kier molecular flexibility index (Phi) is 6.37. The van der Waals surface area contributed by atoms with E-state index in [2.05, 4.69) is 0 Å². The third-order valence-electron chi connectivity index (χ3n) is 3.85. The van der Waals surface area contributed by atoms with Gasteiger partial charge in [0.1, 0.15) is 0 Å². The van der Waals surface area contributed by atoms with Gasteiger partial charge in [0, 0.05) is 14.1 Å². The number of hydrogen-bond acceptors (Lipinski definition) is 2. The molecule has 0 aliphatic carbocycles. The first-order valence-corrected chi connectivity index (χ1v) is 8.30. The Balaban J connectivity index is 2.57. The maximum atomic E-state index is 13.3. The van der Waals surface area contributed by atoms with Crippen molar-refractivity contribution in [3.05, 3.63) is 71.8 Å². The number of benzene rings is 2. The maximum absolute atomic E-state index is 13.3. The third kappa shape index (κ3) is 4.82. The van der Waals surface area contributed by atoms with Crippen LogP contribution in [0.4, 0.5) is 13.2 Å². The lowest BCUT2D eigenvalue weighted by atomic mass is 9.96. The Hall–Kier alpha value is -2.41. The summed E-state index contributed by atoms with van der Waals surface area (Å²) in [6.07, 6.45) is -5.00. The van der Waals surface area contributed by atoms with Crippen LogP contribution in [0.5, 0.6) is 0 Å². The van der Waals surface area contributed by atoms with Gasteiger partial charge in [0.25, 0.3) is 0 Å². The second kappa shape index (κ2) is 8.31. The molecule has 0 aromatic heterocycles. The van der Waals surface area contributed by atoms with Crippen LogP contribution in [0.1, 0.15) is 17.2 Å². The molecular formula is C19H19F3N2OS. The van der Waals surface area contributed by atoms with E-state index in [-0.39, 0.29) is 11.5 Å². The molecule has 26 heavy (non-hydrogen) atoms. The van der Waals surface area contributed by atoms with Crippen LogP contribution in [0.3, 0.4) is 0 Å². The Labute approximate surface area is 156 Å². The molecule has 0 saturated carbocycles. The van der Waals surface area contributed by atoms with Crippen molar-refractivity contribution in [2.45, 2.75) is 12.2 Å². The van der Waals surface area contributed by atoms with Crippen LogP contribution in [0.15, 0.2) is 60.7 Å². The van der Waals surface area contributed by atoms with E-state index >= 15 is 0 Å². The van der Waals surface area contributed by atoms with Gasteiger partial charge in [-0.25, -0.2) is 0 Å². The Morgan fingerprint density at radius 2 is 1.38 bits per heavy atom. The monoisotopic (exact) mass is 380 g/mol. The van der Waals surface area contributed by atoms with Crippen molar-refractivity contribution in [1.82, 2.24) is 9.80 Å². The quantitative estimate of drug-likeness (QED) is 0.731. The number of likely N-dealkylation sites (N-methyl/N-ethyl adjacent to an activating group) is 1. The largest absolute Gasteiger partial charge is 0.471 e. The molecule has 0 atom stereocenters. The molecule has 0 aliphatic heterocycles. The van der Waals surface area contributed by atoms with Gasteiger partial charge in [-0.2, -0.15) is 13.2 Å². The van der Waals surface area contributed by atoms with Crippen LogP contribution >= 0.6 is 12.2 Å². The van der Waals surface area contributed by atoms with Crippen molar-refractivity contribution in [2.24, 2.45) is 0 Å². The molecule has 0 saturated heterocycles. The molecule has 0 fully saturated rings. The Morgan fingerprint density at radius 1 is 0.962 bits per heavy atom. The minimum atomic E-state index is -5.00. The van der Waals surface area contributed by atoms with Gasteiger partial charge in [0.15, 0.2) is 0 Å². The Bertz CT molecular complexity index is 709. The highest BCUT2D eigenvalue weighted by atomic mass is 32.1. The third-order valence-corrected chi connectivity index (χ3v) is 4.34. The van der Waals surface area contributed by atoms with Crippen LogP contribution in [-0.4, -0.2) is 47.5 Å². The first kappa shape index (κ1) is 19.9. The van der Waals surface area contributed by atoms with Crippen LogP contribution in [0.25, 0.3) is 0 Å². The fourth-order valence-electron chi connectivity index (χ4n) is 2.55. The molecule has 0 unspecified atom stereocenters. The number of nitrogens with zero attached hydrogens (tertiary/aromatic N) is 2. The SMILES string of the molecule is CN(C)C(=S)CN(C(=O)C(F)(F)F)C(c1ccccc1)c1ccccc1. The molecular weight excluding hydrogens is 361 g/mol. The normalized spacial score (nSPS) is 11.3. The summed E-state index contributed by atoms with van der Waals surface area (Å²) < 4.78 is 39.9. The predicted molar refractivity (Wildman–Crippen MR) is 98.8 cm³/mol. The second-order valence-corrected chi connectivity index (χ2v) is 6.41. The fraction of sp³-hybridized carbons (Fsp3) is 0.263. The predicted octanol–water partition coefficient (Wildman–Crippen LogP) is 4.06. The van der Waals surface area contributed by atoms with E-state index in [1.807, 2.05) is 0 Å². The van der Waals surface area contributed by atoms with E-state index < -0.39 is 18.1 Å². The summed E-state index contributed by atoms with van der Waals surface area (Å²) in [5.74, 6) is -1.92. The zero-order valence-electron chi connectivity index (χ0n) is 14.4. The molecule has 2 aromatic carbocycles. The standard InChI is InChI=1S/C19H19F3N2OS/c1-23(2)16(26)13-24(18(25)19(20,21)22)17(14-9-5-3-6-10-14)15-11-7-4-8-12-15/h3-12,17H,13H2,1-2H3. The smallest absolute Gasteiger partial charge is 0.371 e. The molecule has 0 bridgehead atoms. The summed E-state index contributed by atoms with van der Waals surface area (Å²) in [7, 11) is 3.28. The molecule has 0 radical (unpaired) electrons. The van der Waals surface area contributed by atoms with Crippen LogP contribution in [-0.2, 0) is 4.79 Å². The van der Waals surface area contributed by atoms with Crippen molar-refractivity contribution in [1.29, 1.82) is 0 Å². The van der Waals surface area contributed by atoms with Gasteiger partial charge in [0.2, 0.25) is 0 Å². The first-order chi connectivity index (χ1) is 12.2. The fourth-order valence-corrected chi connectivity index (χ4v) is 2.69. The average Bonchev–Trinajstić information content (AvgIpc) is 2.61. The molecule has 2 aromatic rings. The number of hydrogen-bond donors (Lipinski definition) is 0. The van der Waals surface area contributed by atoms with Crippen molar-refractivity contribution in [3.8, 4) is 0 Å². The number of carbonyl (C=O) groups is 1. The zero-order chi connectivity index (χ0) is 19.3. The molecule has 3 nitrogen and oxygen atoms in total. The zero-order valence-corrected chi connectivity index (χ0v) is 15.2. The van der Waals surface area contributed by atoms with E-state index in [4.69, 9.17) is 12.2 Å². The van der Waals surface area contributed by atoms with Gasteiger partial charge >= 0.3 is 12.1 Å². The second-order valence-electron chi connectivity index (χ2n) is 5.94. The summed E-state index contributed by atoms with van der Waals surface area (Å²) in [6.45, 7) is -0.310. The molecule has 0 aliphatic rings. The number of alkyl halides is 3. The lowest BCUT2D eigenvalue weighted by Gasteiger charge is -2.34. The highest BCUT2D eigenvalue weighted by Gasteiger charge is 2.45. The van der Waals surface area contributed by atoms with Gasteiger partial charge < -0.3 is 9.80 Å². The van der Waals surface area contributed by atoms with Crippen molar-refractivity contribution in [3.63, 3.8) is 0 Å². The molecule has 2 rings (SSSR count). The maximum Gasteiger partial charge on any atom is 0.471 e.